The lowest BCUT2D eigenvalue weighted by Gasteiger charge is -2.26. The molecule has 2 rings (SSSR count). The summed E-state index contributed by atoms with van der Waals surface area (Å²) < 4.78 is 2.11. The van der Waals surface area contributed by atoms with Gasteiger partial charge in [-0.25, -0.2) is 4.98 Å². The van der Waals surface area contributed by atoms with Crippen molar-refractivity contribution in [2.75, 3.05) is 26.2 Å². The van der Waals surface area contributed by atoms with Crippen LogP contribution in [-0.4, -0.2) is 46.7 Å². The Kier molecular flexibility index (Phi) is 3.96. The smallest absolute Gasteiger partial charge is 0.109 e. The Morgan fingerprint density at radius 1 is 1.50 bits per heavy atom. The molecule has 0 spiro atoms. The van der Waals surface area contributed by atoms with Crippen LogP contribution in [0.2, 0.25) is 0 Å². The van der Waals surface area contributed by atoms with Gasteiger partial charge in [-0.1, -0.05) is 0 Å². The predicted molar refractivity (Wildman–Crippen MR) is 65.4 cm³/mol. The summed E-state index contributed by atoms with van der Waals surface area (Å²) in [6.07, 6.45) is 6.19. The Morgan fingerprint density at radius 2 is 2.38 bits per heavy atom. The minimum atomic E-state index is 0.690. The van der Waals surface area contributed by atoms with Gasteiger partial charge in [-0.15, -0.1) is 0 Å². The molecular weight excluding hydrogens is 200 g/mol. The molecule has 2 heterocycles. The summed E-state index contributed by atoms with van der Waals surface area (Å²) in [5, 5.41) is 3.45. The lowest BCUT2D eigenvalue weighted by Crippen LogP contribution is -2.36. The summed E-state index contributed by atoms with van der Waals surface area (Å²) >= 11 is 0. The normalized spacial score (nSPS) is 23.2. The molecule has 90 valence electrons. The minimum absolute atomic E-state index is 0.690. The molecule has 0 amide bonds. The molecule has 0 saturated carbocycles. The molecule has 1 fully saturated rings. The van der Waals surface area contributed by atoms with Crippen molar-refractivity contribution in [1.29, 1.82) is 0 Å². The number of hydrogen-bond acceptors (Lipinski definition) is 3. The van der Waals surface area contributed by atoms with Crippen molar-refractivity contribution in [3.8, 4) is 0 Å². The number of nitrogens with one attached hydrogen (secondary N) is 1. The molecule has 1 aliphatic rings. The van der Waals surface area contributed by atoms with Crippen LogP contribution in [0.1, 0.15) is 19.2 Å². The fourth-order valence-electron chi connectivity index (χ4n) is 2.27. The van der Waals surface area contributed by atoms with Gasteiger partial charge in [0.1, 0.15) is 5.82 Å². The molecule has 4 nitrogen and oxygen atoms in total. The summed E-state index contributed by atoms with van der Waals surface area (Å²) in [6, 6.07) is 0.690. The lowest BCUT2D eigenvalue weighted by molar-refractivity contribution is 0.221. The maximum Gasteiger partial charge on any atom is 0.109 e. The third-order valence-electron chi connectivity index (χ3n) is 3.48. The SMILES string of the molecule is CC1CCNCCN1CCc1nccn1C. The van der Waals surface area contributed by atoms with Gasteiger partial charge >= 0.3 is 0 Å². The van der Waals surface area contributed by atoms with E-state index < -0.39 is 0 Å². The summed E-state index contributed by atoms with van der Waals surface area (Å²) in [6.45, 7) is 6.87. The lowest BCUT2D eigenvalue weighted by atomic mass is 10.2. The van der Waals surface area contributed by atoms with Gasteiger partial charge in [0.25, 0.3) is 0 Å². The first-order valence-corrected chi connectivity index (χ1v) is 6.18. The fourth-order valence-corrected chi connectivity index (χ4v) is 2.27. The molecule has 1 aromatic heterocycles. The molecule has 0 bridgehead atoms. The van der Waals surface area contributed by atoms with Crippen LogP contribution in [-0.2, 0) is 13.5 Å². The maximum absolute atomic E-state index is 4.37. The highest BCUT2D eigenvalue weighted by Gasteiger charge is 2.16. The highest BCUT2D eigenvalue weighted by Crippen LogP contribution is 2.07. The summed E-state index contributed by atoms with van der Waals surface area (Å²) in [7, 11) is 2.07. The van der Waals surface area contributed by atoms with E-state index in [9.17, 15) is 0 Å². The average molecular weight is 222 g/mol. The number of imidazole rings is 1. The van der Waals surface area contributed by atoms with Gasteiger partial charge in [-0.3, -0.25) is 4.90 Å². The van der Waals surface area contributed by atoms with Crippen LogP contribution < -0.4 is 5.32 Å². The van der Waals surface area contributed by atoms with Gasteiger partial charge in [-0.2, -0.15) is 0 Å². The summed E-state index contributed by atoms with van der Waals surface area (Å²) in [5.41, 5.74) is 0. The van der Waals surface area contributed by atoms with Crippen molar-refractivity contribution < 1.29 is 0 Å². The fraction of sp³-hybridized carbons (Fsp3) is 0.750. The monoisotopic (exact) mass is 222 g/mol. The Balaban J connectivity index is 1.86. The zero-order valence-corrected chi connectivity index (χ0v) is 10.3. The van der Waals surface area contributed by atoms with E-state index in [1.807, 2.05) is 12.4 Å². The van der Waals surface area contributed by atoms with E-state index in [-0.39, 0.29) is 0 Å². The second-order valence-electron chi connectivity index (χ2n) is 4.63. The van der Waals surface area contributed by atoms with E-state index in [0.717, 1.165) is 32.6 Å². The van der Waals surface area contributed by atoms with Gasteiger partial charge in [-0.05, 0) is 19.9 Å². The zero-order valence-electron chi connectivity index (χ0n) is 10.3. The predicted octanol–water partition coefficient (Wildman–Crippen LogP) is 0.646. The van der Waals surface area contributed by atoms with Crippen molar-refractivity contribution in [3.05, 3.63) is 18.2 Å². The molecule has 1 atom stereocenters. The van der Waals surface area contributed by atoms with Crippen molar-refractivity contribution in [2.45, 2.75) is 25.8 Å². The van der Waals surface area contributed by atoms with Crippen LogP contribution in [0.15, 0.2) is 12.4 Å². The average Bonchev–Trinajstić information content (AvgIpc) is 2.56. The number of hydrogen-bond donors (Lipinski definition) is 1. The van der Waals surface area contributed by atoms with E-state index in [1.54, 1.807) is 0 Å². The first kappa shape index (κ1) is 11.6. The number of aromatic nitrogens is 2. The standard InChI is InChI=1S/C12H22N4/c1-11-3-5-13-6-10-16(11)8-4-12-14-7-9-15(12)2/h7,9,11,13H,3-6,8,10H2,1-2H3. The maximum atomic E-state index is 4.37. The molecule has 1 unspecified atom stereocenters. The molecule has 0 radical (unpaired) electrons. The van der Waals surface area contributed by atoms with E-state index in [1.165, 1.54) is 12.2 Å². The Labute approximate surface area is 97.7 Å². The second-order valence-corrected chi connectivity index (χ2v) is 4.63. The van der Waals surface area contributed by atoms with Crippen LogP contribution in [0, 0.1) is 0 Å². The van der Waals surface area contributed by atoms with Crippen LogP contribution >= 0.6 is 0 Å². The van der Waals surface area contributed by atoms with Crippen molar-refractivity contribution in [2.24, 2.45) is 7.05 Å². The van der Waals surface area contributed by atoms with Crippen LogP contribution in [0.4, 0.5) is 0 Å². The molecule has 1 aliphatic heterocycles. The minimum Gasteiger partial charge on any atom is -0.338 e. The Hall–Kier alpha value is -0.870. The number of nitrogens with zero attached hydrogens (tertiary/aromatic N) is 3. The van der Waals surface area contributed by atoms with Gasteiger partial charge in [0, 0.05) is 51.5 Å². The van der Waals surface area contributed by atoms with E-state index in [4.69, 9.17) is 0 Å². The van der Waals surface area contributed by atoms with Crippen molar-refractivity contribution in [3.63, 3.8) is 0 Å². The molecule has 4 heteroatoms. The van der Waals surface area contributed by atoms with Gasteiger partial charge in [0.2, 0.25) is 0 Å². The topological polar surface area (TPSA) is 33.1 Å². The highest BCUT2D eigenvalue weighted by atomic mass is 15.2. The highest BCUT2D eigenvalue weighted by molar-refractivity contribution is 4.92. The van der Waals surface area contributed by atoms with Gasteiger partial charge in [0.05, 0.1) is 0 Å². The summed E-state index contributed by atoms with van der Waals surface area (Å²) in [5.74, 6) is 1.18. The van der Waals surface area contributed by atoms with Crippen LogP contribution in [0.5, 0.6) is 0 Å². The largest absolute Gasteiger partial charge is 0.338 e. The van der Waals surface area contributed by atoms with Crippen LogP contribution in [0.3, 0.4) is 0 Å². The first-order valence-electron chi connectivity index (χ1n) is 6.18. The van der Waals surface area contributed by atoms with E-state index >= 15 is 0 Å². The van der Waals surface area contributed by atoms with Crippen LogP contribution in [0.25, 0.3) is 0 Å². The molecule has 1 N–H and O–H groups in total. The molecule has 0 aromatic carbocycles. The van der Waals surface area contributed by atoms with Crippen molar-refractivity contribution >= 4 is 0 Å². The molecule has 0 aliphatic carbocycles. The quantitative estimate of drug-likeness (QED) is 0.815. The molecule has 1 saturated heterocycles. The first-order chi connectivity index (χ1) is 7.77. The number of aryl methyl sites for hydroxylation is 1. The molecule has 16 heavy (non-hydrogen) atoms. The third-order valence-corrected chi connectivity index (χ3v) is 3.48. The van der Waals surface area contributed by atoms with Crippen molar-refractivity contribution in [1.82, 2.24) is 19.8 Å². The Morgan fingerprint density at radius 3 is 3.12 bits per heavy atom. The Bertz CT molecular complexity index is 321. The second kappa shape index (κ2) is 5.46. The van der Waals surface area contributed by atoms with E-state index in [2.05, 4.69) is 33.7 Å². The summed E-state index contributed by atoms with van der Waals surface area (Å²) in [4.78, 5) is 6.93. The van der Waals surface area contributed by atoms with Gasteiger partial charge in [0.15, 0.2) is 0 Å². The zero-order chi connectivity index (χ0) is 11.4. The van der Waals surface area contributed by atoms with Gasteiger partial charge < -0.3 is 9.88 Å². The number of rotatable bonds is 3. The molecule has 1 aromatic rings. The third kappa shape index (κ3) is 2.83. The molecular formula is C12H22N4. The van der Waals surface area contributed by atoms with E-state index in [0.29, 0.717) is 6.04 Å².